The van der Waals surface area contributed by atoms with Crippen LogP contribution in [0, 0.1) is 5.41 Å². The molecule has 0 radical (unpaired) electrons. The Kier molecular flexibility index (Phi) is 5.94. The van der Waals surface area contributed by atoms with Gasteiger partial charge in [-0.15, -0.1) is 5.10 Å². The standard InChI is InChI=1S/C20H16ClF3N4O5S/c21-17-14(18(30)27-34(31,32)13-3-1-2-12(29)10-13)4-5-15(25-17)28-9-6-16(26-28)33-11-19(7-8-19)20(22,23)24/h1-6,9-10,29H,7-8,11H2,(H,27,30). The number of carbonyl (C=O) groups excluding carboxylic acids is 1. The van der Waals surface area contributed by atoms with Gasteiger partial charge in [0, 0.05) is 18.3 Å². The van der Waals surface area contributed by atoms with Gasteiger partial charge in [-0.05, 0) is 37.1 Å². The molecule has 2 aromatic heterocycles. The van der Waals surface area contributed by atoms with E-state index in [4.69, 9.17) is 16.3 Å². The third-order valence-electron chi connectivity index (χ3n) is 5.18. The van der Waals surface area contributed by atoms with Gasteiger partial charge in [-0.3, -0.25) is 4.79 Å². The molecule has 14 heteroatoms. The maximum absolute atomic E-state index is 13.0. The Balaban J connectivity index is 1.46. The van der Waals surface area contributed by atoms with Crippen molar-refractivity contribution in [2.24, 2.45) is 5.41 Å². The highest BCUT2D eigenvalue weighted by Gasteiger charge is 2.64. The lowest BCUT2D eigenvalue weighted by atomic mass is 10.1. The zero-order valence-corrected chi connectivity index (χ0v) is 18.7. The van der Waals surface area contributed by atoms with E-state index in [1.165, 1.54) is 47.3 Å². The van der Waals surface area contributed by atoms with Crippen LogP contribution in [0.2, 0.25) is 5.15 Å². The van der Waals surface area contributed by atoms with Gasteiger partial charge in [0.1, 0.15) is 22.9 Å². The summed E-state index contributed by atoms with van der Waals surface area (Å²) < 4.78 is 72.0. The van der Waals surface area contributed by atoms with Crippen molar-refractivity contribution in [1.82, 2.24) is 19.5 Å². The molecule has 1 saturated carbocycles. The van der Waals surface area contributed by atoms with Crippen molar-refractivity contribution in [1.29, 1.82) is 0 Å². The van der Waals surface area contributed by atoms with Crippen molar-refractivity contribution in [3.8, 4) is 17.4 Å². The number of aromatic nitrogens is 3. The molecular weight excluding hydrogens is 501 g/mol. The van der Waals surface area contributed by atoms with Crippen LogP contribution in [0.1, 0.15) is 23.2 Å². The van der Waals surface area contributed by atoms with Crippen LogP contribution < -0.4 is 9.46 Å². The monoisotopic (exact) mass is 516 g/mol. The number of hydrogen-bond donors (Lipinski definition) is 2. The molecule has 0 spiro atoms. The second-order valence-electron chi connectivity index (χ2n) is 7.61. The second-order valence-corrected chi connectivity index (χ2v) is 9.65. The van der Waals surface area contributed by atoms with Crippen molar-refractivity contribution in [2.75, 3.05) is 6.61 Å². The highest BCUT2D eigenvalue weighted by Crippen LogP contribution is 2.57. The third kappa shape index (κ3) is 4.80. The van der Waals surface area contributed by atoms with Gasteiger partial charge in [-0.1, -0.05) is 17.7 Å². The van der Waals surface area contributed by atoms with Crippen molar-refractivity contribution >= 4 is 27.5 Å². The Labute approximate surface area is 196 Å². The van der Waals surface area contributed by atoms with Crippen LogP contribution in [0.4, 0.5) is 13.2 Å². The van der Waals surface area contributed by atoms with Gasteiger partial charge < -0.3 is 9.84 Å². The molecule has 180 valence electrons. The molecule has 0 saturated heterocycles. The summed E-state index contributed by atoms with van der Waals surface area (Å²) in [6.45, 7) is -0.547. The molecule has 4 rings (SSSR count). The number of halogens is 4. The topological polar surface area (TPSA) is 123 Å². The predicted molar refractivity (Wildman–Crippen MR) is 112 cm³/mol. The minimum atomic E-state index is -4.35. The summed E-state index contributed by atoms with van der Waals surface area (Å²) in [5.74, 6) is -1.29. The van der Waals surface area contributed by atoms with Gasteiger partial charge in [0.05, 0.1) is 10.5 Å². The number of rotatable bonds is 7. The van der Waals surface area contributed by atoms with Crippen LogP contribution in [0.3, 0.4) is 0 Å². The Bertz CT molecular complexity index is 1360. The summed E-state index contributed by atoms with van der Waals surface area (Å²) in [6.07, 6.45) is -2.97. The number of alkyl halides is 3. The molecule has 2 N–H and O–H groups in total. The van der Waals surface area contributed by atoms with E-state index >= 15 is 0 Å². The predicted octanol–water partition coefficient (Wildman–Crippen LogP) is 3.47. The van der Waals surface area contributed by atoms with Gasteiger partial charge >= 0.3 is 6.18 Å². The number of ether oxygens (including phenoxy) is 1. The van der Waals surface area contributed by atoms with Gasteiger partial charge in [0.25, 0.3) is 15.9 Å². The molecule has 3 aromatic rings. The first-order valence-electron chi connectivity index (χ1n) is 9.69. The number of phenolic OH excluding ortho intramolecular Hbond substituents is 1. The highest BCUT2D eigenvalue weighted by atomic mass is 35.5. The first-order valence-corrected chi connectivity index (χ1v) is 11.5. The van der Waals surface area contributed by atoms with Crippen LogP contribution in [0.15, 0.2) is 53.6 Å². The number of benzene rings is 1. The van der Waals surface area contributed by atoms with Crippen molar-refractivity contribution in [2.45, 2.75) is 23.9 Å². The van der Waals surface area contributed by atoms with E-state index in [-0.39, 0.29) is 45.9 Å². The molecule has 34 heavy (non-hydrogen) atoms. The molecule has 0 atom stereocenters. The number of nitrogens with zero attached hydrogens (tertiary/aromatic N) is 3. The lowest BCUT2D eigenvalue weighted by molar-refractivity contribution is -0.194. The molecular formula is C20H16ClF3N4O5S. The smallest absolute Gasteiger partial charge is 0.397 e. The molecule has 0 aliphatic heterocycles. The molecule has 1 amide bonds. The Morgan fingerprint density at radius 3 is 2.59 bits per heavy atom. The highest BCUT2D eigenvalue weighted by molar-refractivity contribution is 7.90. The van der Waals surface area contributed by atoms with Crippen LogP contribution in [-0.2, 0) is 10.0 Å². The summed E-state index contributed by atoms with van der Waals surface area (Å²) in [4.78, 5) is 16.1. The fourth-order valence-electron chi connectivity index (χ4n) is 2.99. The zero-order valence-electron chi connectivity index (χ0n) is 17.1. The first-order chi connectivity index (χ1) is 15.9. The molecule has 1 aliphatic rings. The largest absolute Gasteiger partial charge is 0.508 e. The van der Waals surface area contributed by atoms with Crippen molar-refractivity contribution in [3.05, 3.63) is 59.4 Å². The fourth-order valence-corrected chi connectivity index (χ4v) is 4.23. The van der Waals surface area contributed by atoms with Crippen molar-refractivity contribution < 1.29 is 36.2 Å². The SMILES string of the molecule is O=C(NS(=O)(=O)c1cccc(O)c1)c1ccc(-n2ccc(OCC3(C(F)(F)F)CC3)n2)nc1Cl. The van der Waals surface area contributed by atoms with Crippen LogP contribution in [0.5, 0.6) is 11.6 Å². The van der Waals surface area contributed by atoms with Gasteiger partial charge in [0.15, 0.2) is 5.82 Å². The van der Waals surface area contributed by atoms with E-state index in [0.29, 0.717) is 0 Å². The van der Waals surface area contributed by atoms with Crippen LogP contribution in [-0.4, -0.2) is 47.0 Å². The van der Waals surface area contributed by atoms with E-state index in [0.717, 1.165) is 6.07 Å². The maximum atomic E-state index is 13.0. The summed E-state index contributed by atoms with van der Waals surface area (Å²) in [6, 6.07) is 8.61. The molecule has 1 fully saturated rings. The molecule has 0 bridgehead atoms. The van der Waals surface area contributed by atoms with E-state index < -0.39 is 34.1 Å². The minimum Gasteiger partial charge on any atom is -0.508 e. The lowest BCUT2D eigenvalue weighted by Crippen LogP contribution is -2.31. The number of sulfonamides is 1. The summed E-state index contributed by atoms with van der Waals surface area (Å²) in [5, 5.41) is 13.1. The summed E-state index contributed by atoms with van der Waals surface area (Å²) in [7, 11) is -4.29. The average molecular weight is 517 g/mol. The Morgan fingerprint density at radius 1 is 1.24 bits per heavy atom. The molecule has 9 nitrogen and oxygen atoms in total. The maximum Gasteiger partial charge on any atom is 0.397 e. The number of amides is 1. The number of hydrogen-bond acceptors (Lipinski definition) is 7. The number of pyridine rings is 1. The number of phenols is 1. The zero-order chi connectivity index (χ0) is 24.7. The quantitative estimate of drug-likeness (QED) is 0.461. The van der Waals surface area contributed by atoms with E-state index in [1.54, 1.807) is 0 Å². The Hall–Kier alpha value is -3.32. The first kappa shape index (κ1) is 23.8. The lowest BCUT2D eigenvalue weighted by Gasteiger charge is -2.18. The summed E-state index contributed by atoms with van der Waals surface area (Å²) in [5.41, 5.74) is -2.09. The molecule has 1 aliphatic carbocycles. The number of aromatic hydroxyl groups is 1. The minimum absolute atomic E-state index is 0.000939. The molecule has 1 aromatic carbocycles. The molecule has 0 unspecified atom stereocenters. The fraction of sp³-hybridized carbons (Fsp3) is 0.250. The van der Waals surface area contributed by atoms with Crippen LogP contribution >= 0.6 is 11.6 Å². The average Bonchev–Trinajstić information content (AvgIpc) is 3.42. The normalized spacial score (nSPS) is 15.1. The van der Waals surface area contributed by atoms with Gasteiger partial charge in [0.2, 0.25) is 5.88 Å². The number of nitrogens with one attached hydrogen (secondary N) is 1. The molecule has 2 heterocycles. The van der Waals surface area contributed by atoms with Crippen LogP contribution in [0.25, 0.3) is 5.82 Å². The van der Waals surface area contributed by atoms with Crippen molar-refractivity contribution in [3.63, 3.8) is 0 Å². The van der Waals surface area contributed by atoms with E-state index in [9.17, 15) is 31.5 Å². The third-order valence-corrected chi connectivity index (χ3v) is 6.80. The Morgan fingerprint density at radius 2 is 1.97 bits per heavy atom. The van der Waals surface area contributed by atoms with E-state index in [2.05, 4.69) is 10.1 Å². The van der Waals surface area contributed by atoms with E-state index in [1.807, 2.05) is 4.72 Å². The number of carbonyl (C=O) groups is 1. The second kappa shape index (κ2) is 8.47. The summed E-state index contributed by atoms with van der Waals surface area (Å²) >= 11 is 6.06. The van der Waals surface area contributed by atoms with Gasteiger partial charge in [-0.25, -0.2) is 22.8 Å². The van der Waals surface area contributed by atoms with Gasteiger partial charge in [-0.2, -0.15) is 13.2 Å².